The Morgan fingerprint density at radius 2 is 2.00 bits per heavy atom. The Bertz CT molecular complexity index is 225. The minimum absolute atomic E-state index is 0.0480. The Morgan fingerprint density at radius 3 is 2.40 bits per heavy atom. The van der Waals surface area contributed by atoms with Crippen LogP contribution in [0.3, 0.4) is 0 Å². The van der Waals surface area contributed by atoms with Crippen molar-refractivity contribution >= 4 is 23.8 Å². The maximum atomic E-state index is 11.2. The number of rotatable bonds is 6. The van der Waals surface area contributed by atoms with Gasteiger partial charge in [0.2, 0.25) is 0 Å². The van der Waals surface area contributed by atoms with Crippen LogP contribution in [0.4, 0.5) is 4.79 Å². The minimum atomic E-state index is -1.26. The first-order valence-corrected chi connectivity index (χ1v) is 5.80. The molecule has 0 aliphatic heterocycles. The van der Waals surface area contributed by atoms with E-state index in [1.807, 2.05) is 13.2 Å². The van der Waals surface area contributed by atoms with Gasteiger partial charge in [0.05, 0.1) is 6.61 Å². The van der Waals surface area contributed by atoms with Gasteiger partial charge in [0, 0.05) is 11.8 Å². The SMILES string of the molecule is CSCC(C)NC(=O)N[C@@H](CO)C(=O)O. The van der Waals surface area contributed by atoms with Gasteiger partial charge in [-0.15, -0.1) is 0 Å². The number of carbonyl (C=O) groups is 2. The van der Waals surface area contributed by atoms with Crippen LogP contribution in [-0.2, 0) is 4.79 Å². The Hall–Kier alpha value is -0.950. The molecule has 7 heteroatoms. The predicted octanol–water partition coefficient (Wildman–Crippen LogP) is -0.517. The van der Waals surface area contributed by atoms with Crippen molar-refractivity contribution in [2.24, 2.45) is 0 Å². The Labute approximate surface area is 92.4 Å². The van der Waals surface area contributed by atoms with Crippen LogP contribution >= 0.6 is 11.8 Å². The van der Waals surface area contributed by atoms with Crippen LogP contribution in [0.2, 0.25) is 0 Å². The summed E-state index contributed by atoms with van der Waals surface area (Å²) >= 11 is 1.57. The average Bonchev–Trinajstić information content (AvgIpc) is 2.13. The molecule has 0 saturated carbocycles. The summed E-state index contributed by atoms with van der Waals surface area (Å²) in [4.78, 5) is 21.7. The molecule has 0 spiro atoms. The standard InChI is InChI=1S/C8H16N2O4S/c1-5(4-15-2)9-8(14)10-6(3-11)7(12)13/h5-6,11H,3-4H2,1-2H3,(H,12,13)(H2,9,10,14)/t5?,6-/m0/s1. The molecule has 88 valence electrons. The number of thioether (sulfide) groups is 1. The number of amides is 2. The van der Waals surface area contributed by atoms with Gasteiger partial charge in [0.25, 0.3) is 0 Å². The molecule has 0 rings (SSSR count). The third-order valence-electron chi connectivity index (χ3n) is 1.58. The largest absolute Gasteiger partial charge is 0.480 e. The van der Waals surface area contributed by atoms with E-state index in [0.717, 1.165) is 5.75 Å². The smallest absolute Gasteiger partial charge is 0.328 e. The van der Waals surface area contributed by atoms with Crippen LogP contribution in [0, 0.1) is 0 Å². The molecule has 0 fully saturated rings. The second-order valence-corrected chi connectivity index (χ2v) is 3.96. The number of carbonyl (C=O) groups excluding carboxylic acids is 1. The molecule has 0 saturated heterocycles. The zero-order valence-corrected chi connectivity index (χ0v) is 9.50. The highest BCUT2D eigenvalue weighted by molar-refractivity contribution is 7.98. The minimum Gasteiger partial charge on any atom is -0.480 e. The molecule has 0 aromatic rings. The number of urea groups is 1. The second kappa shape index (κ2) is 7.36. The predicted molar refractivity (Wildman–Crippen MR) is 58.0 cm³/mol. The molecule has 0 aliphatic rings. The molecular formula is C8H16N2O4S. The van der Waals surface area contributed by atoms with Gasteiger partial charge in [-0.2, -0.15) is 11.8 Å². The van der Waals surface area contributed by atoms with E-state index in [1.165, 1.54) is 0 Å². The molecule has 2 atom stereocenters. The highest BCUT2D eigenvalue weighted by Gasteiger charge is 2.19. The van der Waals surface area contributed by atoms with E-state index in [9.17, 15) is 9.59 Å². The summed E-state index contributed by atoms with van der Waals surface area (Å²) in [5, 5.41) is 21.9. The van der Waals surface area contributed by atoms with Gasteiger partial charge in [-0.1, -0.05) is 0 Å². The number of aliphatic hydroxyl groups excluding tert-OH is 1. The van der Waals surface area contributed by atoms with Crippen LogP contribution in [0.25, 0.3) is 0 Å². The van der Waals surface area contributed by atoms with Crippen molar-refractivity contribution in [3.8, 4) is 0 Å². The molecule has 4 N–H and O–H groups in total. The first kappa shape index (κ1) is 14.1. The normalized spacial score (nSPS) is 14.1. The highest BCUT2D eigenvalue weighted by atomic mass is 32.2. The second-order valence-electron chi connectivity index (χ2n) is 3.05. The Morgan fingerprint density at radius 1 is 1.40 bits per heavy atom. The fraction of sp³-hybridized carbons (Fsp3) is 0.750. The lowest BCUT2D eigenvalue weighted by Crippen LogP contribution is -2.50. The van der Waals surface area contributed by atoms with Gasteiger partial charge in [-0.3, -0.25) is 0 Å². The summed E-state index contributed by atoms with van der Waals surface area (Å²) in [6.45, 7) is 1.18. The fourth-order valence-electron chi connectivity index (χ4n) is 0.901. The van der Waals surface area contributed by atoms with Gasteiger partial charge >= 0.3 is 12.0 Å². The summed E-state index contributed by atoms with van der Waals surface area (Å²) in [7, 11) is 0. The molecule has 0 bridgehead atoms. The third kappa shape index (κ3) is 6.19. The van der Waals surface area contributed by atoms with Crippen molar-refractivity contribution in [2.75, 3.05) is 18.6 Å². The number of aliphatic carboxylic acids is 1. The topological polar surface area (TPSA) is 98.7 Å². The summed E-state index contributed by atoms with van der Waals surface area (Å²) in [6, 6.07) is -1.89. The molecule has 0 aliphatic carbocycles. The molecule has 6 nitrogen and oxygen atoms in total. The van der Waals surface area contributed by atoms with Crippen LogP contribution in [0.15, 0.2) is 0 Å². The van der Waals surface area contributed by atoms with Crippen LogP contribution in [0.1, 0.15) is 6.92 Å². The van der Waals surface area contributed by atoms with E-state index in [1.54, 1.807) is 11.8 Å². The Kier molecular flexibility index (Phi) is 6.89. The van der Waals surface area contributed by atoms with Gasteiger partial charge in [-0.25, -0.2) is 9.59 Å². The van der Waals surface area contributed by atoms with Gasteiger partial charge < -0.3 is 20.8 Å². The van der Waals surface area contributed by atoms with Crippen molar-refractivity contribution in [3.63, 3.8) is 0 Å². The van der Waals surface area contributed by atoms with E-state index < -0.39 is 24.6 Å². The summed E-state index contributed by atoms with van der Waals surface area (Å²) < 4.78 is 0. The number of nitrogens with one attached hydrogen (secondary N) is 2. The first-order chi connectivity index (χ1) is 7.01. The van der Waals surface area contributed by atoms with Crippen molar-refractivity contribution in [1.82, 2.24) is 10.6 Å². The van der Waals surface area contributed by atoms with Gasteiger partial charge in [-0.05, 0) is 13.2 Å². The molecule has 1 unspecified atom stereocenters. The lowest BCUT2D eigenvalue weighted by atomic mass is 10.3. The summed E-state index contributed by atoms with van der Waals surface area (Å²) in [5.41, 5.74) is 0. The third-order valence-corrected chi connectivity index (χ3v) is 2.41. The number of carboxylic acid groups (broad SMARTS) is 1. The zero-order chi connectivity index (χ0) is 11.8. The fourth-order valence-corrected chi connectivity index (χ4v) is 1.48. The lowest BCUT2D eigenvalue weighted by Gasteiger charge is -2.16. The van der Waals surface area contributed by atoms with E-state index >= 15 is 0 Å². The van der Waals surface area contributed by atoms with Crippen molar-refractivity contribution < 1.29 is 19.8 Å². The first-order valence-electron chi connectivity index (χ1n) is 4.40. The molecule has 15 heavy (non-hydrogen) atoms. The van der Waals surface area contributed by atoms with Crippen LogP contribution in [-0.4, -0.2) is 52.9 Å². The number of carboxylic acids is 1. The van der Waals surface area contributed by atoms with E-state index in [2.05, 4.69) is 10.6 Å². The van der Waals surface area contributed by atoms with E-state index in [4.69, 9.17) is 10.2 Å². The highest BCUT2D eigenvalue weighted by Crippen LogP contribution is 1.95. The molecule has 0 radical (unpaired) electrons. The van der Waals surface area contributed by atoms with Crippen molar-refractivity contribution in [3.05, 3.63) is 0 Å². The van der Waals surface area contributed by atoms with E-state index in [0.29, 0.717) is 0 Å². The monoisotopic (exact) mass is 236 g/mol. The van der Waals surface area contributed by atoms with Crippen molar-refractivity contribution in [1.29, 1.82) is 0 Å². The molecule has 2 amide bonds. The maximum absolute atomic E-state index is 11.2. The number of hydrogen-bond donors (Lipinski definition) is 4. The number of hydrogen-bond acceptors (Lipinski definition) is 4. The summed E-state index contributed by atoms with van der Waals surface area (Å²) in [6.07, 6.45) is 1.91. The van der Waals surface area contributed by atoms with Crippen molar-refractivity contribution in [2.45, 2.75) is 19.0 Å². The van der Waals surface area contributed by atoms with Gasteiger partial charge in [0.15, 0.2) is 6.04 Å². The molecule has 0 aromatic heterocycles. The van der Waals surface area contributed by atoms with Crippen LogP contribution in [0.5, 0.6) is 0 Å². The number of aliphatic hydroxyl groups is 1. The average molecular weight is 236 g/mol. The van der Waals surface area contributed by atoms with E-state index in [-0.39, 0.29) is 6.04 Å². The molecular weight excluding hydrogens is 220 g/mol. The van der Waals surface area contributed by atoms with Crippen LogP contribution < -0.4 is 10.6 Å². The zero-order valence-electron chi connectivity index (χ0n) is 8.69. The molecule has 0 heterocycles. The lowest BCUT2D eigenvalue weighted by molar-refractivity contribution is -0.140. The Balaban J connectivity index is 3.96. The maximum Gasteiger partial charge on any atom is 0.328 e. The summed E-state index contributed by atoms with van der Waals surface area (Å²) in [5.74, 6) is -0.519. The quantitative estimate of drug-likeness (QED) is 0.497. The van der Waals surface area contributed by atoms with Gasteiger partial charge in [0.1, 0.15) is 0 Å². The molecule has 0 aromatic carbocycles.